The van der Waals surface area contributed by atoms with E-state index in [1.807, 2.05) is 30.3 Å². The van der Waals surface area contributed by atoms with E-state index in [4.69, 9.17) is 9.47 Å². The molecule has 0 radical (unpaired) electrons. The van der Waals surface area contributed by atoms with Gasteiger partial charge in [0.25, 0.3) is 0 Å². The number of alkyl carbamates (subject to hydrolysis) is 1. The molecular weight excluding hydrogens is 326 g/mol. The monoisotopic (exact) mass is 355 g/mol. The van der Waals surface area contributed by atoms with Gasteiger partial charge in [0.2, 0.25) is 0 Å². The van der Waals surface area contributed by atoms with E-state index >= 15 is 0 Å². The Labute approximate surface area is 156 Å². The lowest BCUT2D eigenvalue weighted by Gasteiger charge is -2.20. The van der Waals surface area contributed by atoms with Gasteiger partial charge in [-0.2, -0.15) is 0 Å². The van der Waals surface area contributed by atoms with Crippen molar-refractivity contribution >= 4 is 16.9 Å². The third-order valence-corrected chi connectivity index (χ3v) is 4.40. The number of ether oxygens (including phenoxy) is 2. The van der Waals surface area contributed by atoms with Crippen molar-refractivity contribution in [2.45, 2.75) is 39.2 Å². The molecule has 140 valence electrons. The molecule has 1 unspecified atom stereocenters. The van der Waals surface area contributed by atoms with E-state index in [9.17, 15) is 4.79 Å². The smallest absolute Gasteiger partial charge is 0.408 e. The summed E-state index contributed by atoms with van der Waals surface area (Å²) in [7, 11) is 1.63. The molecule has 0 heterocycles. The van der Waals surface area contributed by atoms with E-state index in [-0.39, 0.29) is 12.6 Å². The second kappa shape index (κ2) is 10.6. The first-order valence-corrected chi connectivity index (χ1v) is 9.21. The van der Waals surface area contributed by atoms with Crippen molar-refractivity contribution in [2.24, 2.45) is 0 Å². The number of carbonyl (C=O) groups excluding carboxylic acids is 1. The number of fused-ring (bicyclic) bond motifs is 1. The third kappa shape index (κ3) is 5.88. The molecule has 4 heteroatoms. The number of hydrogen-bond acceptors (Lipinski definition) is 3. The minimum absolute atomic E-state index is 0.260. The number of methoxy groups -OCH3 is 1. The van der Waals surface area contributed by atoms with Crippen LogP contribution in [0.3, 0.4) is 0 Å². The first-order valence-electron chi connectivity index (χ1n) is 9.21. The van der Waals surface area contributed by atoms with Gasteiger partial charge in [-0.25, -0.2) is 4.79 Å². The van der Waals surface area contributed by atoms with Crippen LogP contribution in [-0.4, -0.2) is 26.4 Å². The standard InChI is InChI=1S/C22H29NO3/c1-4-5-9-17(2)14-15-26-22(24)23-21(16-25-3)20-13-8-11-18-10-6-7-12-19(18)20/h6-8,10-14,21H,4-5,9,15-16H2,1-3H3,(H,23,24)/b17-14+. The van der Waals surface area contributed by atoms with E-state index in [2.05, 4.69) is 37.4 Å². The Balaban J connectivity index is 2.02. The second-order valence-corrected chi connectivity index (χ2v) is 6.47. The molecule has 2 aromatic rings. The fourth-order valence-electron chi connectivity index (χ4n) is 2.93. The van der Waals surface area contributed by atoms with Gasteiger partial charge >= 0.3 is 6.09 Å². The van der Waals surface area contributed by atoms with Crippen molar-refractivity contribution in [2.75, 3.05) is 20.3 Å². The molecule has 0 aliphatic heterocycles. The number of allylic oxidation sites excluding steroid dienone is 1. The maximum Gasteiger partial charge on any atom is 0.408 e. The zero-order chi connectivity index (χ0) is 18.8. The molecule has 0 aromatic heterocycles. The zero-order valence-electron chi connectivity index (χ0n) is 16.0. The minimum atomic E-state index is -0.431. The summed E-state index contributed by atoms with van der Waals surface area (Å²) >= 11 is 0. The number of unbranched alkanes of at least 4 members (excludes halogenated alkanes) is 1. The molecule has 1 amide bonds. The number of rotatable bonds is 9. The lowest BCUT2D eigenvalue weighted by Crippen LogP contribution is -2.32. The molecular formula is C22H29NO3. The summed E-state index contributed by atoms with van der Waals surface area (Å²) in [6.07, 6.45) is 4.91. The molecule has 1 atom stereocenters. The Morgan fingerprint density at radius 3 is 2.73 bits per heavy atom. The topological polar surface area (TPSA) is 47.6 Å². The first kappa shape index (κ1) is 20.0. The molecule has 1 N–H and O–H groups in total. The van der Waals surface area contributed by atoms with Gasteiger partial charge in [0.1, 0.15) is 6.61 Å². The Bertz CT molecular complexity index is 734. The SMILES string of the molecule is CCCC/C(C)=C/COC(=O)NC(COC)c1cccc2ccccc12. The van der Waals surface area contributed by atoms with Crippen LogP contribution in [0.5, 0.6) is 0 Å². The molecule has 0 aliphatic rings. The van der Waals surface area contributed by atoms with Gasteiger partial charge in [-0.1, -0.05) is 61.4 Å². The molecule has 0 aliphatic carbocycles. The van der Waals surface area contributed by atoms with Gasteiger partial charge in [-0.15, -0.1) is 0 Å². The highest BCUT2D eigenvalue weighted by Gasteiger charge is 2.17. The average Bonchev–Trinajstić information content (AvgIpc) is 2.65. The van der Waals surface area contributed by atoms with Crippen LogP contribution in [-0.2, 0) is 9.47 Å². The molecule has 0 spiro atoms. The molecule has 0 saturated heterocycles. The highest BCUT2D eigenvalue weighted by atomic mass is 16.5. The van der Waals surface area contributed by atoms with E-state index in [1.54, 1.807) is 7.11 Å². The first-order chi connectivity index (χ1) is 12.7. The van der Waals surface area contributed by atoms with Gasteiger partial charge in [0, 0.05) is 7.11 Å². The van der Waals surface area contributed by atoms with Gasteiger partial charge in [-0.05, 0) is 42.2 Å². The predicted octanol–water partition coefficient (Wildman–Crippen LogP) is 5.39. The number of hydrogen-bond donors (Lipinski definition) is 1. The molecule has 2 aromatic carbocycles. The highest BCUT2D eigenvalue weighted by Crippen LogP contribution is 2.24. The van der Waals surface area contributed by atoms with Gasteiger partial charge in [-0.3, -0.25) is 0 Å². The third-order valence-electron chi connectivity index (χ3n) is 4.40. The zero-order valence-corrected chi connectivity index (χ0v) is 16.0. The van der Waals surface area contributed by atoms with Crippen molar-refractivity contribution in [1.29, 1.82) is 0 Å². The largest absolute Gasteiger partial charge is 0.445 e. The van der Waals surface area contributed by atoms with Crippen LogP contribution in [0.1, 0.15) is 44.7 Å². The van der Waals surface area contributed by atoms with Crippen LogP contribution in [0.2, 0.25) is 0 Å². The van der Waals surface area contributed by atoms with Crippen LogP contribution >= 0.6 is 0 Å². The van der Waals surface area contributed by atoms with Crippen LogP contribution in [0, 0.1) is 0 Å². The fourth-order valence-corrected chi connectivity index (χ4v) is 2.93. The number of amides is 1. The summed E-state index contributed by atoms with van der Waals surface area (Å²) in [5, 5.41) is 5.17. The molecule has 2 rings (SSSR count). The summed E-state index contributed by atoms with van der Waals surface area (Å²) in [6, 6.07) is 13.9. The Hall–Kier alpha value is -2.33. The van der Waals surface area contributed by atoms with Crippen LogP contribution < -0.4 is 5.32 Å². The van der Waals surface area contributed by atoms with E-state index in [0.717, 1.165) is 35.6 Å². The van der Waals surface area contributed by atoms with Crippen molar-refractivity contribution in [3.05, 3.63) is 59.7 Å². The number of benzene rings is 2. The Kier molecular flexibility index (Phi) is 8.16. The maximum atomic E-state index is 12.2. The van der Waals surface area contributed by atoms with E-state index in [0.29, 0.717) is 6.61 Å². The van der Waals surface area contributed by atoms with Gasteiger partial charge < -0.3 is 14.8 Å². The lowest BCUT2D eigenvalue weighted by atomic mass is 9.99. The Morgan fingerprint density at radius 2 is 1.96 bits per heavy atom. The van der Waals surface area contributed by atoms with Crippen molar-refractivity contribution in [3.8, 4) is 0 Å². The predicted molar refractivity (Wildman–Crippen MR) is 106 cm³/mol. The summed E-state index contributed by atoms with van der Waals surface area (Å²) in [5.41, 5.74) is 2.28. The molecule has 0 saturated carbocycles. The lowest BCUT2D eigenvalue weighted by molar-refractivity contribution is 0.133. The quantitative estimate of drug-likeness (QED) is 0.614. The summed E-state index contributed by atoms with van der Waals surface area (Å²) in [5.74, 6) is 0. The molecule has 4 nitrogen and oxygen atoms in total. The van der Waals surface area contributed by atoms with Gasteiger partial charge in [0.15, 0.2) is 0 Å². The molecule has 0 bridgehead atoms. The second-order valence-electron chi connectivity index (χ2n) is 6.47. The van der Waals surface area contributed by atoms with Crippen molar-refractivity contribution < 1.29 is 14.3 Å². The Morgan fingerprint density at radius 1 is 1.19 bits per heavy atom. The number of carbonyl (C=O) groups is 1. The minimum Gasteiger partial charge on any atom is -0.445 e. The molecule has 0 fully saturated rings. The highest BCUT2D eigenvalue weighted by molar-refractivity contribution is 5.86. The van der Waals surface area contributed by atoms with Crippen molar-refractivity contribution in [1.82, 2.24) is 5.32 Å². The summed E-state index contributed by atoms with van der Waals surface area (Å²) < 4.78 is 10.6. The van der Waals surface area contributed by atoms with Crippen LogP contribution in [0.15, 0.2) is 54.1 Å². The summed E-state index contributed by atoms with van der Waals surface area (Å²) in [6.45, 7) is 4.91. The summed E-state index contributed by atoms with van der Waals surface area (Å²) in [4.78, 5) is 12.2. The fraction of sp³-hybridized carbons (Fsp3) is 0.409. The number of nitrogens with one attached hydrogen (secondary N) is 1. The molecule has 26 heavy (non-hydrogen) atoms. The van der Waals surface area contributed by atoms with Crippen LogP contribution in [0.25, 0.3) is 10.8 Å². The van der Waals surface area contributed by atoms with Crippen LogP contribution in [0.4, 0.5) is 4.79 Å². The normalized spacial score (nSPS) is 12.8. The maximum absolute atomic E-state index is 12.2. The average molecular weight is 355 g/mol. The van der Waals surface area contributed by atoms with E-state index < -0.39 is 6.09 Å². The van der Waals surface area contributed by atoms with Gasteiger partial charge in [0.05, 0.1) is 12.6 Å². The van der Waals surface area contributed by atoms with Crippen molar-refractivity contribution in [3.63, 3.8) is 0 Å². The van der Waals surface area contributed by atoms with E-state index in [1.165, 1.54) is 5.57 Å².